The van der Waals surface area contributed by atoms with E-state index >= 15 is 0 Å². The van der Waals surface area contributed by atoms with Gasteiger partial charge in [-0.3, -0.25) is 14.6 Å². The number of aromatic nitrogens is 4. The van der Waals surface area contributed by atoms with Crippen LogP contribution in [0.3, 0.4) is 0 Å². The summed E-state index contributed by atoms with van der Waals surface area (Å²) in [5, 5.41) is 14.4. The van der Waals surface area contributed by atoms with Gasteiger partial charge in [-0.15, -0.1) is 5.10 Å². The first-order valence-corrected chi connectivity index (χ1v) is 14.6. The third-order valence-corrected chi connectivity index (χ3v) is 8.38. The second-order valence-corrected chi connectivity index (χ2v) is 11.5. The van der Waals surface area contributed by atoms with Crippen molar-refractivity contribution >= 4 is 34.7 Å². The maximum absolute atomic E-state index is 14.1. The number of nitrogens with zero attached hydrogens (tertiary/aromatic N) is 5. The fourth-order valence-electron chi connectivity index (χ4n) is 6.02. The lowest BCUT2D eigenvalue weighted by Gasteiger charge is -2.31. The Morgan fingerprint density at radius 1 is 1.05 bits per heavy atom. The Balaban J connectivity index is 1.13. The molecule has 1 saturated heterocycles. The number of halogens is 1. The van der Waals surface area contributed by atoms with Gasteiger partial charge in [0, 0.05) is 44.4 Å². The molecule has 2 aliphatic carbocycles. The lowest BCUT2D eigenvalue weighted by molar-refractivity contribution is -0.134. The van der Waals surface area contributed by atoms with Crippen molar-refractivity contribution in [3.8, 4) is 0 Å². The molecule has 3 N–H and O–H groups in total. The van der Waals surface area contributed by atoms with Gasteiger partial charge in [-0.05, 0) is 63.4 Å². The van der Waals surface area contributed by atoms with Crippen molar-refractivity contribution in [2.75, 3.05) is 36.2 Å². The molecule has 3 aromatic rings. The highest BCUT2D eigenvalue weighted by Gasteiger charge is 2.31. The topological polar surface area (TPSA) is 126 Å². The number of carbonyl (C=O) groups excluding carboxylic acids is 2. The molecule has 0 aromatic carbocycles. The number of likely N-dealkylation sites (tertiary alicyclic amines) is 1. The number of rotatable bonds is 10. The molecule has 0 unspecified atom stereocenters. The molecule has 2 amide bonds. The highest BCUT2D eigenvalue weighted by molar-refractivity contribution is 6.03. The molecule has 1 aliphatic heterocycles. The third kappa shape index (κ3) is 6.27. The minimum absolute atomic E-state index is 0.0414. The first-order chi connectivity index (χ1) is 20.0. The third-order valence-electron chi connectivity index (χ3n) is 8.38. The number of hydrogen-bond acceptors (Lipinski definition) is 8. The largest absolute Gasteiger partial charge is 0.383 e. The van der Waals surface area contributed by atoms with E-state index in [2.05, 4.69) is 25.9 Å². The fourth-order valence-corrected chi connectivity index (χ4v) is 6.02. The van der Waals surface area contributed by atoms with Gasteiger partial charge in [0.05, 0.1) is 36.4 Å². The molecule has 0 radical (unpaired) electrons. The molecule has 218 valence electrons. The van der Waals surface area contributed by atoms with Crippen molar-refractivity contribution in [2.24, 2.45) is 5.92 Å². The van der Waals surface area contributed by atoms with Crippen LogP contribution in [0.5, 0.6) is 0 Å². The Bertz CT molecular complexity index is 1400. The Labute approximate surface area is 238 Å². The van der Waals surface area contributed by atoms with Crippen molar-refractivity contribution in [3.63, 3.8) is 0 Å². The monoisotopic (exact) mass is 564 g/mol. The molecule has 0 bridgehead atoms. The predicted octanol–water partition coefficient (Wildman–Crippen LogP) is 4.09. The van der Waals surface area contributed by atoms with Crippen molar-refractivity contribution < 1.29 is 18.7 Å². The molecule has 2 saturated carbocycles. The van der Waals surface area contributed by atoms with Gasteiger partial charge >= 0.3 is 0 Å². The van der Waals surface area contributed by atoms with E-state index < -0.39 is 11.7 Å². The van der Waals surface area contributed by atoms with E-state index in [1.54, 1.807) is 7.11 Å². The van der Waals surface area contributed by atoms with E-state index in [9.17, 15) is 14.0 Å². The number of nitrogens with one attached hydrogen (secondary N) is 3. The summed E-state index contributed by atoms with van der Waals surface area (Å²) in [4.78, 5) is 36.3. The summed E-state index contributed by atoms with van der Waals surface area (Å²) < 4.78 is 20.9. The Morgan fingerprint density at radius 2 is 1.83 bits per heavy atom. The maximum atomic E-state index is 14.1. The van der Waals surface area contributed by atoms with Crippen LogP contribution < -0.4 is 16.0 Å². The number of hydrogen-bond donors (Lipinski definition) is 3. The summed E-state index contributed by atoms with van der Waals surface area (Å²) in [5.74, 6) is 0.141. The van der Waals surface area contributed by atoms with Gasteiger partial charge in [0.25, 0.3) is 5.91 Å². The molecule has 0 spiro atoms. The number of pyridine rings is 1. The molecule has 3 aliphatic rings. The molecule has 1 atom stereocenters. The van der Waals surface area contributed by atoms with Crippen LogP contribution in [0.1, 0.15) is 68.3 Å². The van der Waals surface area contributed by atoms with Crippen LogP contribution in [0.15, 0.2) is 30.7 Å². The molecule has 41 heavy (non-hydrogen) atoms. The molecule has 3 fully saturated rings. The standard InChI is InChI=1S/C29H37FN8O3/c1-41-17-21-3-2-12-37(21)27(39)13-18-4-6-20(7-5-18)34-26-14-24(33-19-8-9-19)28-32-16-25(38(28)36-26)29(40)35-23-10-11-31-15-22(23)30/h10-11,14-16,18-21,33H,2-9,12-13,17H2,1H3,(H,34,36)(H,31,35,40)/t18?,20?,21-/m0/s1. The summed E-state index contributed by atoms with van der Waals surface area (Å²) in [7, 11) is 1.69. The summed E-state index contributed by atoms with van der Waals surface area (Å²) in [6.07, 6.45) is 12.6. The number of methoxy groups -OCH3 is 1. The number of ether oxygens (including phenoxy) is 1. The average molecular weight is 565 g/mol. The zero-order valence-corrected chi connectivity index (χ0v) is 23.3. The van der Waals surface area contributed by atoms with E-state index in [0.717, 1.165) is 69.8 Å². The Hall–Kier alpha value is -3.80. The van der Waals surface area contributed by atoms with Crippen LogP contribution in [-0.2, 0) is 9.53 Å². The molecular formula is C29H37FN8O3. The van der Waals surface area contributed by atoms with Gasteiger partial charge < -0.3 is 25.6 Å². The van der Waals surface area contributed by atoms with Crippen LogP contribution in [0, 0.1) is 11.7 Å². The quantitative estimate of drug-likeness (QED) is 0.336. The zero-order valence-electron chi connectivity index (χ0n) is 23.3. The highest BCUT2D eigenvalue weighted by Crippen LogP contribution is 2.32. The molecular weight excluding hydrogens is 527 g/mol. The second kappa shape index (κ2) is 12.0. The van der Waals surface area contributed by atoms with E-state index in [1.807, 2.05) is 11.0 Å². The molecule has 6 rings (SSSR count). The number of fused-ring (bicyclic) bond motifs is 1. The van der Waals surface area contributed by atoms with Gasteiger partial charge in [-0.2, -0.15) is 0 Å². The lowest BCUT2D eigenvalue weighted by Crippen LogP contribution is -2.39. The summed E-state index contributed by atoms with van der Waals surface area (Å²) in [6, 6.07) is 4.15. The SMILES string of the molecule is COC[C@@H]1CCCN1C(=O)CC1CCC(Nc2cc(NC3CC3)c3ncc(C(=O)Nc4ccncc4F)n3n2)CC1. The highest BCUT2D eigenvalue weighted by atomic mass is 19.1. The summed E-state index contributed by atoms with van der Waals surface area (Å²) in [6.45, 7) is 1.44. The van der Waals surface area contributed by atoms with E-state index in [0.29, 0.717) is 36.5 Å². The van der Waals surface area contributed by atoms with E-state index in [-0.39, 0.29) is 29.4 Å². The first-order valence-electron chi connectivity index (χ1n) is 14.6. The van der Waals surface area contributed by atoms with Crippen molar-refractivity contribution in [3.05, 3.63) is 42.2 Å². The fraction of sp³-hybridized carbons (Fsp3) is 0.552. The van der Waals surface area contributed by atoms with Crippen LogP contribution in [-0.4, -0.2) is 74.7 Å². The Morgan fingerprint density at radius 3 is 2.59 bits per heavy atom. The molecule has 3 aromatic heterocycles. The van der Waals surface area contributed by atoms with Gasteiger partial charge in [0.15, 0.2) is 17.2 Å². The van der Waals surface area contributed by atoms with Gasteiger partial charge in [0.1, 0.15) is 5.82 Å². The second-order valence-electron chi connectivity index (χ2n) is 11.5. The number of amides is 2. The maximum Gasteiger partial charge on any atom is 0.276 e. The van der Waals surface area contributed by atoms with Crippen LogP contribution >= 0.6 is 0 Å². The van der Waals surface area contributed by atoms with E-state index in [4.69, 9.17) is 9.84 Å². The molecule has 4 heterocycles. The average Bonchev–Trinajstić information content (AvgIpc) is 3.47. The minimum atomic E-state index is -0.617. The Kier molecular flexibility index (Phi) is 8.00. The first kappa shape index (κ1) is 27.4. The number of imidazole rings is 1. The normalized spacial score (nSPS) is 22.6. The summed E-state index contributed by atoms with van der Waals surface area (Å²) in [5.41, 5.74) is 1.59. The number of carbonyl (C=O) groups is 2. The van der Waals surface area contributed by atoms with Gasteiger partial charge in [-0.25, -0.2) is 13.9 Å². The smallest absolute Gasteiger partial charge is 0.276 e. The van der Waals surface area contributed by atoms with E-state index in [1.165, 1.54) is 23.0 Å². The minimum Gasteiger partial charge on any atom is -0.383 e. The van der Waals surface area contributed by atoms with Crippen molar-refractivity contribution in [1.82, 2.24) is 24.5 Å². The van der Waals surface area contributed by atoms with Crippen LogP contribution in [0.2, 0.25) is 0 Å². The van der Waals surface area contributed by atoms with Crippen LogP contribution in [0.25, 0.3) is 5.65 Å². The van der Waals surface area contributed by atoms with Crippen molar-refractivity contribution in [1.29, 1.82) is 0 Å². The molecule has 12 heteroatoms. The predicted molar refractivity (Wildman–Crippen MR) is 152 cm³/mol. The van der Waals surface area contributed by atoms with Gasteiger partial charge in [0.2, 0.25) is 5.91 Å². The van der Waals surface area contributed by atoms with Crippen molar-refractivity contribution in [2.45, 2.75) is 75.9 Å². The zero-order chi connectivity index (χ0) is 28.3. The molecule has 11 nitrogen and oxygen atoms in total. The summed E-state index contributed by atoms with van der Waals surface area (Å²) >= 11 is 0. The van der Waals surface area contributed by atoms with Crippen LogP contribution in [0.4, 0.5) is 21.6 Å². The lowest BCUT2D eigenvalue weighted by atomic mass is 9.83. The number of anilines is 3. The van der Waals surface area contributed by atoms with Gasteiger partial charge in [-0.1, -0.05) is 0 Å².